The Morgan fingerprint density at radius 3 is 2.67 bits per heavy atom. The lowest BCUT2D eigenvalue weighted by Gasteiger charge is -2.20. The second kappa shape index (κ2) is 11.1. The van der Waals surface area contributed by atoms with E-state index in [-0.39, 0.29) is 29.4 Å². The van der Waals surface area contributed by atoms with E-state index in [1.165, 1.54) is 0 Å². The molecule has 0 radical (unpaired) electrons. The van der Waals surface area contributed by atoms with E-state index >= 15 is 0 Å². The van der Waals surface area contributed by atoms with E-state index in [1.807, 2.05) is 19.1 Å². The van der Waals surface area contributed by atoms with Crippen molar-refractivity contribution in [1.29, 1.82) is 0 Å². The van der Waals surface area contributed by atoms with Gasteiger partial charge in [0.05, 0.1) is 11.2 Å². The molecule has 9 heteroatoms. The third kappa shape index (κ3) is 6.66. The number of ether oxygens (including phenoxy) is 2. The maximum Gasteiger partial charge on any atom is 0.216 e. The van der Waals surface area contributed by atoms with Crippen LogP contribution in [0.25, 0.3) is 0 Å². The molecule has 0 fully saturated rings. The summed E-state index contributed by atoms with van der Waals surface area (Å²) < 4.78 is 17.0. The van der Waals surface area contributed by atoms with Gasteiger partial charge in [-0.05, 0) is 31.0 Å². The fourth-order valence-electron chi connectivity index (χ4n) is 2.85. The minimum atomic E-state index is -0.0668. The summed E-state index contributed by atoms with van der Waals surface area (Å²) in [4.78, 5) is 8.89. The Morgan fingerprint density at radius 1 is 1.20 bits per heavy atom. The first-order valence-corrected chi connectivity index (χ1v) is 10.3. The fourth-order valence-corrected chi connectivity index (χ4v) is 3.14. The number of nitrogens with zero attached hydrogens (tertiary/aromatic N) is 2. The topological polar surface area (TPSA) is 80.9 Å². The number of halogens is 2. The number of nitrogens with one attached hydrogen (secondary N) is 2. The van der Waals surface area contributed by atoms with Crippen molar-refractivity contribution in [1.82, 2.24) is 15.6 Å². The second-order valence-corrected chi connectivity index (χ2v) is 8.25. The molecule has 1 aliphatic rings. The van der Waals surface area contributed by atoms with Crippen LogP contribution in [0.15, 0.2) is 27.7 Å². The Balaban J connectivity index is 0.00000320. The molecule has 0 bridgehead atoms. The van der Waals surface area contributed by atoms with Gasteiger partial charge in [0, 0.05) is 18.5 Å². The Kier molecular flexibility index (Phi) is 9.09. The van der Waals surface area contributed by atoms with Crippen molar-refractivity contribution in [2.75, 3.05) is 26.3 Å². The summed E-state index contributed by atoms with van der Waals surface area (Å²) >= 11 is 6.31. The van der Waals surface area contributed by atoms with E-state index in [0.717, 1.165) is 24.3 Å². The van der Waals surface area contributed by atoms with Gasteiger partial charge in [0.2, 0.25) is 5.89 Å². The SMILES string of the molecule is CCNC(=NCc1ncc(C(C)(C)C)o1)NCCc1cc(Cl)c2c(c1)OCCO2.I. The quantitative estimate of drug-likeness (QED) is 0.318. The molecule has 0 amide bonds. The van der Waals surface area contributed by atoms with E-state index in [1.54, 1.807) is 6.20 Å². The van der Waals surface area contributed by atoms with Crippen LogP contribution in [-0.4, -0.2) is 37.2 Å². The minimum Gasteiger partial charge on any atom is -0.486 e. The highest BCUT2D eigenvalue weighted by atomic mass is 127. The molecule has 0 saturated carbocycles. The van der Waals surface area contributed by atoms with E-state index in [9.17, 15) is 0 Å². The number of fused-ring (bicyclic) bond motifs is 1. The summed E-state index contributed by atoms with van der Waals surface area (Å²) in [6.45, 7) is 11.2. The molecule has 0 unspecified atom stereocenters. The van der Waals surface area contributed by atoms with Crippen LogP contribution in [0.5, 0.6) is 11.5 Å². The average molecular weight is 549 g/mol. The Bertz CT molecular complexity index is 864. The molecule has 0 saturated heterocycles. The fraction of sp³-hybridized carbons (Fsp3) is 0.524. The van der Waals surface area contributed by atoms with E-state index in [4.69, 9.17) is 25.5 Å². The smallest absolute Gasteiger partial charge is 0.216 e. The summed E-state index contributed by atoms with van der Waals surface area (Å²) in [5, 5.41) is 7.15. The van der Waals surface area contributed by atoms with Gasteiger partial charge in [0.25, 0.3) is 0 Å². The highest BCUT2D eigenvalue weighted by molar-refractivity contribution is 14.0. The van der Waals surface area contributed by atoms with Gasteiger partial charge < -0.3 is 24.5 Å². The van der Waals surface area contributed by atoms with Crippen LogP contribution in [0.3, 0.4) is 0 Å². The average Bonchev–Trinajstić information content (AvgIpc) is 3.16. The van der Waals surface area contributed by atoms with Crippen molar-refractivity contribution in [3.63, 3.8) is 0 Å². The molecule has 2 N–H and O–H groups in total. The number of aliphatic imine (C=N–C) groups is 1. The molecule has 0 spiro atoms. The van der Waals surface area contributed by atoms with Gasteiger partial charge in [-0.25, -0.2) is 9.98 Å². The van der Waals surface area contributed by atoms with Crippen LogP contribution in [0.2, 0.25) is 5.02 Å². The Morgan fingerprint density at radius 2 is 1.97 bits per heavy atom. The number of hydrogen-bond acceptors (Lipinski definition) is 5. The molecule has 1 aromatic heterocycles. The van der Waals surface area contributed by atoms with Gasteiger partial charge in [-0.2, -0.15) is 0 Å². The van der Waals surface area contributed by atoms with Crippen molar-refractivity contribution >= 4 is 41.5 Å². The van der Waals surface area contributed by atoms with E-state index in [0.29, 0.717) is 54.7 Å². The lowest BCUT2D eigenvalue weighted by Crippen LogP contribution is -2.38. The molecule has 1 aromatic carbocycles. The molecule has 2 heterocycles. The third-order valence-electron chi connectivity index (χ3n) is 4.37. The van der Waals surface area contributed by atoms with Crippen molar-refractivity contribution in [3.8, 4) is 11.5 Å². The van der Waals surface area contributed by atoms with Crippen LogP contribution in [0, 0.1) is 0 Å². The molecule has 1 aliphatic heterocycles. The van der Waals surface area contributed by atoms with Gasteiger partial charge in [-0.15, -0.1) is 24.0 Å². The van der Waals surface area contributed by atoms with Crippen molar-refractivity contribution in [3.05, 3.63) is 40.6 Å². The monoisotopic (exact) mass is 548 g/mol. The Labute approximate surface area is 200 Å². The van der Waals surface area contributed by atoms with Gasteiger partial charge in [0.15, 0.2) is 17.5 Å². The Hall–Kier alpha value is -1.68. The molecular weight excluding hydrogens is 519 g/mol. The first kappa shape index (κ1) is 24.6. The van der Waals surface area contributed by atoms with Gasteiger partial charge >= 0.3 is 0 Å². The number of benzene rings is 1. The zero-order valence-corrected chi connectivity index (χ0v) is 21.0. The van der Waals surface area contributed by atoms with Crippen molar-refractivity contribution < 1.29 is 13.9 Å². The molecule has 7 nitrogen and oxygen atoms in total. The minimum absolute atomic E-state index is 0. The van der Waals surface area contributed by atoms with Crippen LogP contribution in [-0.2, 0) is 18.4 Å². The van der Waals surface area contributed by atoms with Crippen LogP contribution >= 0.6 is 35.6 Å². The van der Waals surface area contributed by atoms with E-state index in [2.05, 4.69) is 41.4 Å². The van der Waals surface area contributed by atoms with Crippen LogP contribution in [0.4, 0.5) is 0 Å². The highest BCUT2D eigenvalue weighted by Gasteiger charge is 2.19. The summed E-state index contributed by atoms with van der Waals surface area (Å²) in [5.74, 6) is 3.51. The molecule has 0 atom stereocenters. The number of hydrogen-bond donors (Lipinski definition) is 2. The first-order chi connectivity index (χ1) is 13.9. The zero-order chi connectivity index (χ0) is 20.9. The largest absolute Gasteiger partial charge is 0.486 e. The molecular formula is C21H30ClIN4O3. The lowest BCUT2D eigenvalue weighted by atomic mass is 9.94. The third-order valence-corrected chi connectivity index (χ3v) is 4.65. The summed E-state index contributed by atoms with van der Waals surface area (Å²) in [6, 6.07) is 3.90. The zero-order valence-electron chi connectivity index (χ0n) is 17.9. The highest BCUT2D eigenvalue weighted by Crippen LogP contribution is 2.38. The second-order valence-electron chi connectivity index (χ2n) is 7.84. The van der Waals surface area contributed by atoms with Crippen molar-refractivity contribution in [2.24, 2.45) is 4.99 Å². The number of guanidine groups is 1. The van der Waals surface area contributed by atoms with Gasteiger partial charge in [-0.3, -0.25) is 0 Å². The van der Waals surface area contributed by atoms with Gasteiger partial charge in [0.1, 0.15) is 25.5 Å². The normalized spacial score (nSPS) is 13.6. The van der Waals surface area contributed by atoms with Crippen LogP contribution < -0.4 is 20.1 Å². The number of oxazole rings is 1. The maximum atomic E-state index is 6.31. The first-order valence-electron chi connectivity index (χ1n) is 9.92. The van der Waals surface area contributed by atoms with Crippen LogP contribution in [0.1, 0.15) is 44.9 Å². The number of rotatable bonds is 6. The number of aromatic nitrogens is 1. The predicted octanol–water partition coefficient (Wildman–Crippen LogP) is 4.31. The van der Waals surface area contributed by atoms with Gasteiger partial charge in [-0.1, -0.05) is 32.4 Å². The molecule has 0 aliphatic carbocycles. The lowest BCUT2D eigenvalue weighted by molar-refractivity contribution is 0.171. The molecule has 2 aromatic rings. The standard InChI is InChI=1S/C21H29ClN4O3.HI/c1-5-23-20(26-13-18-25-12-17(29-18)21(2,3)4)24-7-6-14-10-15(22)19-16(11-14)27-8-9-28-19;/h10-12H,5-9,13H2,1-4H3,(H2,23,24,26);1H. The maximum absolute atomic E-state index is 6.31. The molecule has 3 rings (SSSR count). The predicted molar refractivity (Wildman–Crippen MR) is 130 cm³/mol. The van der Waals surface area contributed by atoms with E-state index < -0.39 is 0 Å². The van der Waals surface area contributed by atoms with Crippen molar-refractivity contribution in [2.45, 2.75) is 46.1 Å². The summed E-state index contributed by atoms with van der Waals surface area (Å²) in [7, 11) is 0. The summed E-state index contributed by atoms with van der Waals surface area (Å²) in [6.07, 6.45) is 2.55. The summed E-state index contributed by atoms with van der Waals surface area (Å²) in [5.41, 5.74) is 1.01. The molecule has 166 valence electrons. The molecule has 30 heavy (non-hydrogen) atoms.